The van der Waals surface area contributed by atoms with E-state index in [1.807, 2.05) is 37.3 Å². The Morgan fingerprint density at radius 1 is 0.971 bits per heavy atom. The van der Waals surface area contributed by atoms with Crippen LogP contribution < -0.4 is 19.7 Å². The fraction of sp³-hybridized carbons (Fsp3) is 0.231. The standard InChI is InChI=1S/C26H27N3O5S/c1-18(19-10-4-3-5-11-19)27-25(30)20-12-6-7-13-21(20)28-26(31)24-16-17-29(35(2,32)33)22-14-8-9-15-23(22)34-24/h3-15,18,24H,16-17H2,1-2H3,(H,27,30)(H,28,31)/t18-,24-/m1/s1. The van der Waals surface area contributed by atoms with Crippen molar-refractivity contribution in [2.45, 2.75) is 25.5 Å². The molecule has 4 rings (SSSR count). The molecule has 0 fully saturated rings. The number of carbonyl (C=O) groups is 2. The van der Waals surface area contributed by atoms with E-state index in [0.717, 1.165) is 11.8 Å². The average Bonchev–Trinajstić information content (AvgIpc) is 3.05. The van der Waals surface area contributed by atoms with Gasteiger partial charge in [-0.15, -0.1) is 0 Å². The minimum Gasteiger partial charge on any atom is -0.478 e. The number of para-hydroxylation sites is 3. The first-order valence-corrected chi connectivity index (χ1v) is 13.1. The van der Waals surface area contributed by atoms with Crippen molar-refractivity contribution in [2.75, 3.05) is 22.4 Å². The van der Waals surface area contributed by atoms with E-state index in [4.69, 9.17) is 4.74 Å². The number of hydrogen-bond acceptors (Lipinski definition) is 5. The van der Waals surface area contributed by atoms with Crippen LogP contribution in [0.2, 0.25) is 0 Å². The summed E-state index contributed by atoms with van der Waals surface area (Å²) in [6.07, 6.45) is 0.324. The van der Waals surface area contributed by atoms with Crippen molar-refractivity contribution >= 4 is 33.2 Å². The number of carbonyl (C=O) groups excluding carboxylic acids is 2. The zero-order chi connectivity index (χ0) is 25.0. The van der Waals surface area contributed by atoms with Crippen molar-refractivity contribution in [1.29, 1.82) is 0 Å². The molecule has 35 heavy (non-hydrogen) atoms. The average molecular weight is 494 g/mol. The summed E-state index contributed by atoms with van der Waals surface area (Å²) in [6.45, 7) is 1.98. The van der Waals surface area contributed by atoms with Gasteiger partial charge < -0.3 is 15.4 Å². The molecule has 0 bridgehead atoms. The smallest absolute Gasteiger partial charge is 0.265 e. The lowest BCUT2D eigenvalue weighted by atomic mass is 10.1. The lowest BCUT2D eigenvalue weighted by Crippen LogP contribution is -2.36. The van der Waals surface area contributed by atoms with Crippen LogP contribution in [0.1, 0.15) is 35.3 Å². The second kappa shape index (κ2) is 10.2. The molecule has 1 heterocycles. The quantitative estimate of drug-likeness (QED) is 0.544. The Labute approximate surface area is 205 Å². The summed E-state index contributed by atoms with van der Waals surface area (Å²) in [4.78, 5) is 26.2. The summed E-state index contributed by atoms with van der Waals surface area (Å²) in [5.74, 6) is -0.488. The maximum Gasteiger partial charge on any atom is 0.265 e. The number of amides is 2. The molecule has 182 valence electrons. The third kappa shape index (κ3) is 5.63. The topological polar surface area (TPSA) is 105 Å². The van der Waals surface area contributed by atoms with Crippen LogP contribution in [0.5, 0.6) is 5.75 Å². The van der Waals surface area contributed by atoms with Gasteiger partial charge in [-0.2, -0.15) is 0 Å². The van der Waals surface area contributed by atoms with Gasteiger partial charge in [0.2, 0.25) is 10.0 Å². The maximum atomic E-state index is 13.2. The first kappa shape index (κ1) is 24.3. The molecule has 0 aliphatic carbocycles. The van der Waals surface area contributed by atoms with Crippen LogP contribution in [0.3, 0.4) is 0 Å². The minimum absolute atomic E-state index is 0.0880. The highest BCUT2D eigenvalue weighted by Gasteiger charge is 2.31. The molecule has 2 atom stereocenters. The second-order valence-corrected chi connectivity index (χ2v) is 10.2. The second-order valence-electron chi connectivity index (χ2n) is 8.34. The molecular weight excluding hydrogens is 466 g/mol. The zero-order valence-corrected chi connectivity index (χ0v) is 20.3. The summed E-state index contributed by atoms with van der Waals surface area (Å²) in [7, 11) is -3.55. The van der Waals surface area contributed by atoms with Crippen LogP contribution in [0.25, 0.3) is 0 Å². The van der Waals surface area contributed by atoms with Crippen molar-refractivity contribution in [1.82, 2.24) is 5.32 Å². The molecule has 0 saturated heterocycles. The number of fused-ring (bicyclic) bond motifs is 1. The lowest BCUT2D eigenvalue weighted by Gasteiger charge is -2.20. The molecule has 3 aromatic carbocycles. The monoisotopic (exact) mass is 493 g/mol. The summed E-state index contributed by atoms with van der Waals surface area (Å²) < 4.78 is 31.8. The van der Waals surface area contributed by atoms with E-state index in [2.05, 4.69) is 10.6 Å². The highest BCUT2D eigenvalue weighted by Crippen LogP contribution is 2.34. The molecule has 0 saturated carbocycles. The van der Waals surface area contributed by atoms with Crippen LogP contribution in [-0.2, 0) is 14.8 Å². The fourth-order valence-electron chi connectivity index (χ4n) is 3.96. The number of sulfonamides is 1. The Morgan fingerprint density at radius 2 is 1.63 bits per heavy atom. The van der Waals surface area contributed by atoms with Gasteiger partial charge in [0, 0.05) is 13.0 Å². The summed E-state index contributed by atoms with van der Waals surface area (Å²) >= 11 is 0. The van der Waals surface area contributed by atoms with Gasteiger partial charge in [-0.25, -0.2) is 8.42 Å². The lowest BCUT2D eigenvalue weighted by molar-refractivity contribution is -0.122. The number of rotatable bonds is 6. The van der Waals surface area contributed by atoms with E-state index < -0.39 is 22.0 Å². The molecule has 2 amide bonds. The minimum atomic E-state index is -3.55. The van der Waals surface area contributed by atoms with Gasteiger partial charge in [-0.1, -0.05) is 54.6 Å². The summed E-state index contributed by atoms with van der Waals surface area (Å²) in [6, 6.07) is 22.8. The Morgan fingerprint density at radius 3 is 2.37 bits per heavy atom. The van der Waals surface area contributed by atoms with Crippen LogP contribution >= 0.6 is 0 Å². The van der Waals surface area contributed by atoms with Gasteiger partial charge >= 0.3 is 0 Å². The number of nitrogens with one attached hydrogen (secondary N) is 2. The molecule has 0 unspecified atom stereocenters. The fourth-order valence-corrected chi connectivity index (χ4v) is 4.91. The van der Waals surface area contributed by atoms with Gasteiger partial charge in [0.05, 0.1) is 29.2 Å². The van der Waals surface area contributed by atoms with Crippen LogP contribution in [-0.4, -0.2) is 39.1 Å². The molecule has 1 aliphatic rings. The molecule has 3 aromatic rings. The van der Waals surface area contributed by atoms with Crippen LogP contribution in [0, 0.1) is 0 Å². The maximum absolute atomic E-state index is 13.2. The number of anilines is 2. The largest absolute Gasteiger partial charge is 0.478 e. The number of benzene rings is 3. The first-order chi connectivity index (χ1) is 16.7. The third-order valence-electron chi connectivity index (χ3n) is 5.77. The molecule has 0 radical (unpaired) electrons. The highest BCUT2D eigenvalue weighted by molar-refractivity contribution is 7.92. The molecule has 0 aromatic heterocycles. The van der Waals surface area contributed by atoms with Gasteiger partial charge in [-0.05, 0) is 36.8 Å². The van der Waals surface area contributed by atoms with Gasteiger partial charge in [-0.3, -0.25) is 13.9 Å². The highest BCUT2D eigenvalue weighted by atomic mass is 32.2. The van der Waals surface area contributed by atoms with E-state index in [-0.39, 0.29) is 24.9 Å². The van der Waals surface area contributed by atoms with Crippen molar-refractivity contribution in [2.24, 2.45) is 0 Å². The summed E-state index contributed by atoms with van der Waals surface area (Å²) in [5, 5.41) is 5.75. The van der Waals surface area contributed by atoms with Crippen molar-refractivity contribution in [3.63, 3.8) is 0 Å². The van der Waals surface area contributed by atoms with E-state index in [9.17, 15) is 18.0 Å². The van der Waals surface area contributed by atoms with E-state index in [1.54, 1.807) is 48.5 Å². The van der Waals surface area contributed by atoms with E-state index >= 15 is 0 Å². The predicted octanol–water partition coefficient (Wildman–Crippen LogP) is 3.73. The first-order valence-electron chi connectivity index (χ1n) is 11.2. The van der Waals surface area contributed by atoms with Crippen molar-refractivity contribution in [3.05, 3.63) is 90.0 Å². The molecule has 2 N–H and O–H groups in total. The van der Waals surface area contributed by atoms with E-state index in [0.29, 0.717) is 22.7 Å². The molecule has 8 nitrogen and oxygen atoms in total. The van der Waals surface area contributed by atoms with Crippen LogP contribution in [0.15, 0.2) is 78.9 Å². The molecule has 0 spiro atoms. The van der Waals surface area contributed by atoms with Gasteiger partial charge in [0.25, 0.3) is 11.8 Å². The SMILES string of the molecule is C[C@@H](NC(=O)c1ccccc1NC(=O)[C@H]1CCN(S(C)(=O)=O)c2ccccc2O1)c1ccccc1. The van der Waals surface area contributed by atoms with Crippen molar-refractivity contribution < 1.29 is 22.7 Å². The van der Waals surface area contributed by atoms with Crippen LogP contribution in [0.4, 0.5) is 11.4 Å². The third-order valence-corrected chi connectivity index (χ3v) is 6.95. The molecular formula is C26H27N3O5S. The normalized spacial score (nSPS) is 16.3. The summed E-state index contributed by atoms with van der Waals surface area (Å²) in [5.41, 5.74) is 2.01. The Bertz CT molecular complexity index is 1330. The number of nitrogens with zero attached hydrogens (tertiary/aromatic N) is 1. The van der Waals surface area contributed by atoms with Gasteiger partial charge in [0.1, 0.15) is 5.75 Å². The van der Waals surface area contributed by atoms with E-state index in [1.165, 1.54) is 4.31 Å². The Kier molecular flexibility index (Phi) is 7.07. The van der Waals surface area contributed by atoms with Crippen molar-refractivity contribution in [3.8, 4) is 5.75 Å². The molecule has 1 aliphatic heterocycles. The molecule has 9 heteroatoms. The Hall–Kier alpha value is -3.85. The Balaban J connectivity index is 1.52. The van der Waals surface area contributed by atoms with Gasteiger partial charge in [0.15, 0.2) is 6.10 Å². The predicted molar refractivity (Wildman–Crippen MR) is 135 cm³/mol. The number of hydrogen-bond donors (Lipinski definition) is 2. The zero-order valence-electron chi connectivity index (χ0n) is 19.5. The number of ether oxygens (including phenoxy) is 1.